The van der Waals surface area contributed by atoms with Crippen LogP contribution in [0.2, 0.25) is 5.02 Å². The molecule has 33 heavy (non-hydrogen) atoms. The van der Waals surface area contributed by atoms with Gasteiger partial charge in [0, 0.05) is 13.0 Å². The third-order valence-corrected chi connectivity index (χ3v) is 6.40. The van der Waals surface area contributed by atoms with Crippen LogP contribution in [-0.4, -0.2) is 40.3 Å². The van der Waals surface area contributed by atoms with Gasteiger partial charge in [0.15, 0.2) is 0 Å². The molecule has 0 aliphatic heterocycles. The molecule has 0 aliphatic carbocycles. The maximum absolute atomic E-state index is 13.1. The van der Waals surface area contributed by atoms with Crippen LogP contribution in [0, 0.1) is 13.8 Å². The fraction of sp³-hybridized carbons (Fsp3) is 0.409. The summed E-state index contributed by atoms with van der Waals surface area (Å²) in [7, 11) is -3.88. The van der Waals surface area contributed by atoms with E-state index in [-0.39, 0.29) is 44.1 Å². The molecule has 0 radical (unpaired) electrons. The molecule has 0 saturated carbocycles. The summed E-state index contributed by atoms with van der Waals surface area (Å²) < 4.78 is 70.1. The van der Waals surface area contributed by atoms with E-state index >= 15 is 0 Å². The van der Waals surface area contributed by atoms with Crippen LogP contribution in [0.15, 0.2) is 36.4 Å². The normalized spacial score (nSPS) is 11.8. The Morgan fingerprint density at radius 1 is 1.12 bits per heavy atom. The van der Waals surface area contributed by atoms with Crippen LogP contribution in [0.3, 0.4) is 0 Å². The van der Waals surface area contributed by atoms with Crippen molar-refractivity contribution in [2.75, 3.05) is 30.3 Å². The van der Waals surface area contributed by atoms with E-state index in [1.165, 1.54) is 6.07 Å². The molecule has 2 aromatic rings. The summed E-state index contributed by atoms with van der Waals surface area (Å²) in [6.07, 6.45) is -3.73. The Labute approximate surface area is 196 Å². The smallest absolute Gasteiger partial charge is 0.417 e. The van der Waals surface area contributed by atoms with E-state index in [0.29, 0.717) is 11.8 Å². The first-order valence-corrected chi connectivity index (χ1v) is 12.3. The summed E-state index contributed by atoms with van der Waals surface area (Å²) in [6.45, 7) is 4.32. The number of aryl methyl sites for hydroxylation is 2. The lowest BCUT2D eigenvalue weighted by Gasteiger charge is -2.23. The Bertz CT molecular complexity index is 1090. The molecule has 11 heteroatoms. The molecule has 0 aliphatic rings. The van der Waals surface area contributed by atoms with Gasteiger partial charge in [-0.25, -0.2) is 8.42 Å². The summed E-state index contributed by atoms with van der Waals surface area (Å²) in [4.78, 5) is 12.1. The maximum Gasteiger partial charge on any atom is 0.417 e. The second-order valence-corrected chi connectivity index (χ2v) is 9.86. The van der Waals surface area contributed by atoms with E-state index in [1.54, 1.807) is 0 Å². The van der Waals surface area contributed by atoms with Crippen molar-refractivity contribution in [3.8, 4) is 5.75 Å². The Hall–Kier alpha value is -2.46. The SMILES string of the molecule is Cc1ccc(OCCNC(=O)CCCN(c2ccc(Cl)c(C(F)(F)F)c2)S(C)(=O)=O)cc1C. The largest absolute Gasteiger partial charge is 0.492 e. The van der Waals surface area contributed by atoms with Crippen molar-refractivity contribution in [2.45, 2.75) is 32.9 Å². The molecule has 1 amide bonds. The van der Waals surface area contributed by atoms with Gasteiger partial charge < -0.3 is 10.1 Å². The first-order valence-electron chi connectivity index (χ1n) is 10.1. The van der Waals surface area contributed by atoms with Crippen molar-refractivity contribution in [3.05, 3.63) is 58.1 Å². The van der Waals surface area contributed by atoms with E-state index in [9.17, 15) is 26.4 Å². The minimum Gasteiger partial charge on any atom is -0.492 e. The highest BCUT2D eigenvalue weighted by molar-refractivity contribution is 7.92. The third-order valence-electron chi connectivity index (χ3n) is 4.88. The molecule has 0 bridgehead atoms. The molecular formula is C22H26ClF3N2O4S. The van der Waals surface area contributed by atoms with Crippen LogP contribution < -0.4 is 14.4 Å². The number of hydrogen-bond donors (Lipinski definition) is 1. The number of carbonyl (C=O) groups is 1. The van der Waals surface area contributed by atoms with Crippen LogP contribution in [0.5, 0.6) is 5.75 Å². The molecule has 182 valence electrons. The fourth-order valence-electron chi connectivity index (χ4n) is 3.01. The molecule has 0 heterocycles. The molecule has 0 aromatic heterocycles. The monoisotopic (exact) mass is 506 g/mol. The molecule has 2 rings (SSSR count). The number of benzene rings is 2. The summed E-state index contributed by atoms with van der Waals surface area (Å²) in [5, 5.41) is 2.14. The van der Waals surface area contributed by atoms with E-state index < -0.39 is 26.8 Å². The molecule has 1 N–H and O–H groups in total. The number of halogens is 4. The zero-order chi connectivity index (χ0) is 24.8. The van der Waals surface area contributed by atoms with Crippen LogP contribution in [0.25, 0.3) is 0 Å². The third kappa shape index (κ3) is 8.12. The summed E-state index contributed by atoms with van der Waals surface area (Å²) in [6, 6.07) is 8.56. The lowest BCUT2D eigenvalue weighted by atomic mass is 10.1. The lowest BCUT2D eigenvalue weighted by molar-refractivity contribution is -0.137. The molecular weight excluding hydrogens is 481 g/mol. The van der Waals surface area contributed by atoms with Gasteiger partial charge in [0.1, 0.15) is 12.4 Å². The molecule has 0 spiro atoms. The Kier molecular flexibility index (Phi) is 9.02. The van der Waals surface area contributed by atoms with Gasteiger partial charge in [0.25, 0.3) is 0 Å². The number of anilines is 1. The molecule has 0 atom stereocenters. The average molecular weight is 507 g/mol. The van der Waals surface area contributed by atoms with Gasteiger partial charge in [-0.05, 0) is 61.7 Å². The number of rotatable bonds is 10. The Morgan fingerprint density at radius 3 is 2.42 bits per heavy atom. The summed E-state index contributed by atoms with van der Waals surface area (Å²) in [5.41, 5.74) is 0.940. The molecule has 0 fully saturated rings. The highest BCUT2D eigenvalue weighted by atomic mass is 35.5. The minimum atomic E-state index is -4.73. The number of sulfonamides is 1. The Balaban J connectivity index is 1.88. The van der Waals surface area contributed by atoms with Crippen molar-refractivity contribution in [3.63, 3.8) is 0 Å². The topological polar surface area (TPSA) is 75.7 Å². The van der Waals surface area contributed by atoms with Crippen molar-refractivity contribution in [1.82, 2.24) is 5.32 Å². The first-order chi connectivity index (χ1) is 15.3. The number of ether oxygens (including phenoxy) is 1. The standard InChI is InChI=1S/C22H26ClF3N2O4S/c1-15-6-8-18(13-16(15)2)32-12-10-27-21(29)5-4-11-28(33(3,30)31)17-7-9-20(23)19(14-17)22(24,25)26/h6-9,13-14H,4-5,10-12H2,1-3H3,(H,27,29). The van der Waals surface area contributed by atoms with Gasteiger partial charge in [0.2, 0.25) is 15.9 Å². The van der Waals surface area contributed by atoms with Gasteiger partial charge in [-0.2, -0.15) is 13.2 Å². The zero-order valence-corrected chi connectivity index (χ0v) is 20.1. The predicted octanol–water partition coefficient (Wildman–Crippen LogP) is 4.72. The fourth-order valence-corrected chi connectivity index (χ4v) is 4.19. The van der Waals surface area contributed by atoms with Crippen LogP contribution in [0.4, 0.5) is 18.9 Å². The van der Waals surface area contributed by atoms with E-state index in [1.807, 2.05) is 32.0 Å². The van der Waals surface area contributed by atoms with Crippen LogP contribution >= 0.6 is 11.6 Å². The van der Waals surface area contributed by atoms with Crippen molar-refractivity contribution < 1.29 is 31.1 Å². The van der Waals surface area contributed by atoms with Gasteiger partial charge in [0.05, 0.1) is 29.1 Å². The van der Waals surface area contributed by atoms with E-state index in [2.05, 4.69) is 5.32 Å². The highest BCUT2D eigenvalue weighted by Gasteiger charge is 2.34. The molecule has 0 unspecified atom stereocenters. The first kappa shape index (κ1) is 26.8. The molecule has 6 nitrogen and oxygen atoms in total. The number of carbonyl (C=O) groups excluding carboxylic acids is 1. The number of amides is 1. The summed E-state index contributed by atoms with van der Waals surface area (Å²) >= 11 is 5.61. The van der Waals surface area contributed by atoms with Gasteiger partial charge in [-0.15, -0.1) is 0 Å². The number of nitrogens with zero attached hydrogens (tertiary/aromatic N) is 1. The maximum atomic E-state index is 13.1. The second kappa shape index (κ2) is 11.1. The second-order valence-electron chi connectivity index (χ2n) is 7.55. The highest BCUT2D eigenvalue weighted by Crippen LogP contribution is 2.37. The number of alkyl halides is 3. The molecule has 0 saturated heterocycles. The van der Waals surface area contributed by atoms with Gasteiger partial charge in [-0.3, -0.25) is 9.10 Å². The lowest BCUT2D eigenvalue weighted by Crippen LogP contribution is -2.33. The summed E-state index contributed by atoms with van der Waals surface area (Å²) in [5.74, 6) is 0.372. The van der Waals surface area contributed by atoms with Crippen molar-refractivity contribution >= 4 is 33.2 Å². The van der Waals surface area contributed by atoms with Crippen molar-refractivity contribution in [2.24, 2.45) is 0 Å². The van der Waals surface area contributed by atoms with Crippen molar-refractivity contribution in [1.29, 1.82) is 0 Å². The molecule has 2 aromatic carbocycles. The van der Waals surface area contributed by atoms with E-state index in [0.717, 1.165) is 27.8 Å². The minimum absolute atomic E-state index is 0.00459. The van der Waals surface area contributed by atoms with Gasteiger partial charge >= 0.3 is 6.18 Å². The quantitative estimate of drug-likeness (QED) is 0.473. The van der Waals surface area contributed by atoms with E-state index in [4.69, 9.17) is 16.3 Å². The Morgan fingerprint density at radius 2 is 1.82 bits per heavy atom. The number of hydrogen-bond acceptors (Lipinski definition) is 4. The zero-order valence-electron chi connectivity index (χ0n) is 18.5. The average Bonchev–Trinajstić information content (AvgIpc) is 2.70. The van der Waals surface area contributed by atoms with Crippen LogP contribution in [0.1, 0.15) is 29.5 Å². The predicted molar refractivity (Wildman–Crippen MR) is 122 cm³/mol. The van der Waals surface area contributed by atoms with Crippen LogP contribution in [-0.2, 0) is 21.0 Å². The van der Waals surface area contributed by atoms with Gasteiger partial charge in [-0.1, -0.05) is 17.7 Å². The number of nitrogens with one attached hydrogen (secondary N) is 1.